The predicted molar refractivity (Wildman–Crippen MR) is 101 cm³/mol. The highest BCUT2D eigenvalue weighted by molar-refractivity contribution is 7.90. The summed E-state index contributed by atoms with van der Waals surface area (Å²) in [5, 5.41) is 2.83. The molecule has 0 radical (unpaired) electrons. The molecule has 4 rings (SSSR count). The van der Waals surface area contributed by atoms with Crippen LogP contribution in [0.25, 0.3) is 0 Å². The molecule has 0 bridgehead atoms. The second-order valence-electron chi connectivity index (χ2n) is 7.16. The summed E-state index contributed by atoms with van der Waals surface area (Å²) in [5.41, 5.74) is 5.97. The van der Waals surface area contributed by atoms with E-state index in [0.717, 1.165) is 55.3 Å². The molecular formula is C19H22N4O3S. The fourth-order valence-corrected chi connectivity index (χ4v) is 5.15. The number of sulfonamides is 1. The van der Waals surface area contributed by atoms with Crippen LogP contribution in [0, 0.1) is 13.8 Å². The van der Waals surface area contributed by atoms with Gasteiger partial charge in [0.1, 0.15) is 10.7 Å². The van der Waals surface area contributed by atoms with Crippen LogP contribution in [-0.2, 0) is 35.7 Å². The minimum absolute atomic E-state index is 0.0910. The van der Waals surface area contributed by atoms with Gasteiger partial charge in [0.15, 0.2) is 0 Å². The molecule has 7 nitrogen and oxygen atoms in total. The van der Waals surface area contributed by atoms with Gasteiger partial charge in [0.2, 0.25) is 0 Å². The molecule has 2 aliphatic rings. The van der Waals surface area contributed by atoms with E-state index in [1.54, 1.807) is 13.8 Å². The van der Waals surface area contributed by atoms with Gasteiger partial charge in [-0.1, -0.05) is 6.07 Å². The second kappa shape index (κ2) is 6.60. The lowest BCUT2D eigenvalue weighted by Gasteiger charge is -2.16. The zero-order chi connectivity index (χ0) is 19.2. The largest absolute Gasteiger partial charge is 0.333 e. The molecule has 27 heavy (non-hydrogen) atoms. The van der Waals surface area contributed by atoms with Crippen molar-refractivity contribution < 1.29 is 13.2 Å². The summed E-state index contributed by atoms with van der Waals surface area (Å²) in [7, 11) is -4.04. The zero-order valence-corrected chi connectivity index (χ0v) is 16.2. The molecule has 2 aliphatic carbocycles. The van der Waals surface area contributed by atoms with Gasteiger partial charge in [-0.3, -0.25) is 0 Å². The lowest BCUT2D eigenvalue weighted by Crippen LogP contribution is -2.35. The number of nitrogens with one attached hydrogen (secondary N) is 2. The second-order valence-corrected chi connectivity index (χ2v) is 8.81. The summed E-state index contributed by atoms with van der Waals surface area (Å²) in [6.45, 7) is 3.26. The average Bonchev–Trinajstić information content (AvgIpc) is 3.22. The molecule has 0 spiro atoms. The summed E-state index contributed by atoms with van der Waals surface area (Å²) in [6, 6.07) is 1.52. The number of carbonyl (C=O) groups excluding carboxylic acids is 1. The van der Waals surface area contributed by atoms with Crippen LogP contribution in [0.15, 0.2) is 17.2 Å². The van der Waals surface area contributed by atoms with Gasteiger partial charge in [0, 0.05) is 5.69 Å². The highest BCUT2D eigenvalue weighted by Crippen LogP contribution is 2.38. The van der Waals surface area contributed by atoms with Crippen LogP contribution in [-0.4, -0.2) is 24.4 Å². The number of rotatable bonds is 3. The maximum absolute atomic E-state index is 12.6. The number of aryl methyl sites for hydroxylation is 4. The van der Waals surface area contributed by atoms with Gasteiger partial charge in [0.25, 0.3) is 10.0 Å². The molecule has 0 saturated carbocycles. The van der Waals surface area contributed by atoms with Crippen LogP contribution >= 0.6 is 0 Å². The number of benzene rings is 1. The monoisotopic (exact) mass is 386 g/mol. The van der Waals surface area contributed by atoms with Crippen molar-refractivity contribution in [3.05, 3.63) is 46.0 Å². The highest BCUT2D eigenvalue weighted by atomic mass is 32.2. The number of hydrogen-bond acceptors (Lipinski definition) is 5. The first-order chi connectivity index (χ1) is 12.8. The molecule has 0 fully saturated rings. The molecule has 1 heterocycles. The number of hydrogen-bond donors (Lipinski definition) is 2. The van der Waals surface area contributed by atoms with Crippen LogP contribution in [0.1, 0.15) is 46.6 Å². The van der Waals surface area contributed by atoms with Crippen molar-refractivity contribution in [2.24, 2.45) is 0 Å². The van der Waals surface area contributed by atoms with Crippen molar-refractivity contribution in [1.82, 2.24) is 14.7 Å². The molecule has 2 aromatic rings. The smallest absolute Gasteiger partial charge is 0.307 e. The van der Waals surface area contributed by atoms with Crippen molar-refractivity contribution in [1.29, 1.82) is 0 Å². The Morgan fingerprint density at radius 2 is 1.67 bits per heavy atom. The standard InChI is InChI=1S/C19H22N4O3S/c1-11-17(10-20-12(2)21-11)27(25,26)23-19(24)22-18-15-7-3-5-13(15)9-14-6-4-8-16(14)18/h9-10H,3-8H2,1-2H3,(H2,22,23,24). The van der Waals surface area contributed by atoms with Gasteiger partial charge in [-0.15, -0.1) is 0 Å². The molecule has 142 valence electrons. The van der Waals surface area contributed by atoms with Gasteiger partial charge in [-0.2, -0.15) is 0 Å². The Kier molecular flexibility index (Phi) is 4.38. The Hall–Kier alpha value is -2.48. The lowest BCUT2D eigenvalue weighted by molar-refractivity contribution is 0.256. The molecule has 8 heteroatoms. The quantitative estimate of drug-likeness (QED) is 0.844. The van der Waals surface area contributed by atoms with Gasteiger partial charge < -0.3 is 5.32 Å². The van der Waals surface area contributed by atoms with Crippen molar-refractivity contribution in [3.8, 4) is 0 Å². The van der Waals surface area contributed by atoms with E-state index in [0.29, 0.717) is 11.5 Å². The van der Waals surface area contributed by atoms with E-state index in [1.165, 1.54) is 17.3 Å². The Morgan fingerprint density at radius 1 is 1.04 bits per heavy atom. The van der Waals surface area contributed by atoms with Crippen LogP contribution in [0.2, 0.25) is 0 Å². The topological polar surface area (TPSA) is 101 Å². The number of fused-ring (bicyclic) bond motifs is 2. The van der Waals surface area contributed by atoms with Gasteiger partial charge in [0.05, 0.1) is 11.9 Å². The van der Waals surface area contributed by atoms with E-state index < -0.39 is 16.1 Å². The van der Waals surface area contributed by atoms with Crippen molar-refractivity contribution in [3.63, 3.8) is 0 Å². The SMILES string of the molecule is Cc1ncc(S(=O)(=O)NC(=O)Nc2c3c(cc4c2CCC4)CCC3)c(C)n1. The molecule has 0 aliphatic heterocycles. The summed E-state index contributed by atoms with van der Waals surface area (Å²) in [5.74, 6) is 0.478. The minimum atomic E-state index is -4.04. The maximum atomic E-state index is 12.6. The van der Waals surface area contributed by atoms with E-state index in [4.69, 9.17) is 0 Å². The summed E-state index contributed by atoms with van der Waals surface area (Å²) in [6.07, 6.45) is 7.20. The molecule has 1 aromatic carbocycles. The number of anilines is 1. The molecule has 1 aromatic heterocycles. The van der Waals surface area contributed by atoms with Gasteiger partial charge >= 0.3 is 6.03 Å². The minimum Gasteiger partial charge on any atom is -0.307 e. The third-order valence-corrected chi connectivity index (χ3v) is 6.72. The summed E-state index contributed by atoms with van der Waals surface area (Å²) >= 11 is 0. The zero-order valence-electron chi connectivity index (χ0n) is 15.4. The predicted octanol–water partition coefficient (Wildman–Crippen LogP) is 2.58. The van der Waals surface area contributed by atoms with E-state index in [1.807, 2.05) is 0 Å². The van der Waals surface area contributed by atoms with Crippen molar-refractivity contribution in [2.45, 2.75) is 57.3 Å². The Bertz CT molecular complexity index is 1020. The molecule has 0 unspecified atom stereocenters. The summed E-state index contributed by atoms with van der Waals surface area (Å²) in [4.78, 5) is 20.4. The van der Waals surface area contributed by atoms with Crippen LogP contribution in [0.3, 0.4) is 0 Å². The van der Waals surface area contributed by atoms with E-state index in [9.17, 15) is 13.2 Å². The highest BCUT2D eigenvalue weighted by Gasteiger charge is 2.27. The van der Waals surface area contributed by atoms with Gasteiger partial charge in [-0.25, -0.2) is 27.9 Å². The van der Waals surface area contributed by atoms with Crippen molar-refractivity contribution in [2.75, 3.05) is 5.32 Å². The van der Waals surface area contributed by atoms with Crippen molar-refractivity contribution >= 4 is 21.7 Å². The third kappa shape index (κ3) is 3.29. The number of nitrogens with zero attached hydrogens (tertiary/aromatic N) is 2. The number of urea groups is 1. The fourth-order valence-electron chi connectivity index (χ4n) is 4.12. The normalized spacial score (nSPS) is 15.3. The third-order valence-electron chi connectivity index (χ3n) is 5.28. The molecule has 0 saturated heterocycles. The number of amides is 2. The first kappa shape index (κ1) is 17.9. The number of carbonyl (C=O) groups is 1. The molecular weight excluding hydrogens is 364 g/mol. The first-order valence-electron chi connectivity index (χ1n) is 9.15. The summed E-state index contributed by atoms with van der Waals surface area (Å²) < 4.78 is 27.3. The van der Waals surface area contributed by atoms with Crippen LogP contribution < -0.4 is 10.0 Å². The lowest BCUT2D eigenvalue weighted by atomic mass is 9.99. The van der Waals surface area contributed by atoms with E-state index in [2.05, 4.69) is 26.1 Å². The Balaban J connectivity index is 1.61. The molecule has 0 atom stereocenters. The fraction of sp³-hybridized carbons (Fsp3) is 0.421. The van der Waals surface area contributed by atoms with Crippen LogP contribution in [0.5, 0.6) is 0 Å². The first-order valence-corrected chi connectivity index (χ1v) is 10.6. The van der Waals surface area contributed by atoms with Gasteiger partial charge in [-0.05, 0) is 74.6 Å². The molecule has 2 amide bonds. The average molecular weight is 386 g/mol. The Morgan fingerprint density at radius 3 is 2.26 bits per heavy atom. The maximum Gasteiger partial charge on any atom is 0.333 e. The Labute approximate surface area is 158 Å². The van der Waals surface area contributed by atoms with Crippen LogP contribution in [0.4, 0.5) is 10.5 Å². The van der Waals surface area contributed by atoms with E-state index in [-0.39, 0.29) is 4.90 Å². The molecule has 2 N–H and O–H groups in total. The van der Waals surface area contributed by atoms with E-state index >= 15 is 0 Å². The number of aromatic nitrogens is 2.